The zero-order chi connectivity index (χ0) is 25.5. The fourth-order valence-electron chi connectivity index (χ4n) is 6.62. The number of rotatable bonds is 5. The fourth-order valence-corrected chi connectivity index (χ4v) is 6.62. The number of carbonyl (C=O) groups excluding carboxylic acids is 2. The summed E-state index contributed by atoms with van der Waals surface area (Å²) in [5.41, 5.74) is 5.10. The van der Waals surface area contributed by atoms with Crippen molar-refractivity contribution in [2.45, 2.75) is 50.1 Å². The number of ketones is 1. The fraction of sp³-hybridized carbons (Fsp3) is 0.355. The molecule has 2 fully saturated rings. The number of ether oxygens (including phenoxy) is 2. The molecular weight excluding hydrogens is 469 g/mol. The van der Waals surface area contributed by atoms with Crippen molar-refractivity contribution in [2.75, 3.05) is 13.7 Å². The zero-order valence-electron chi connectivity index (χ0n) is 20.9. The van der Waals surface area contributed by atoms with Crippen molar-refractivity contribution in [3.8, 4) is 16.9 Å². The van der Waals surface area contributed by atoms with Gasteiger partial charge in [0.2, 0.25) is 0 Å². The second-order valence-electron chi connectivity index (χ2n) is 10.4. The molecule has 3 aromatic rings. The topological polar surface area (TPSA) is 55.8 Å². The van der Waals surface area contributed by atoms with Gasteiger partial charge in [0.15, 0.2) is 5.78 Å². The van der Waals surface area contributed by atoms with E-state index in [0.29, 0.717) is 24.2 Å². The van der Waals surface area contributed by atoms with Crippen molar-refractivity contribution in [2.24, 2.45) is 5.92 Å². The van der Waals surface area contributed by atoms with Gasteiger partial charge in [0.1, 0.15) is 18.2 Å². The number of amides is 1. The smallest absolute Gasteiger partial charge is 0.410 e. The van der Waals surface area contributed by atoms with Crippen LogP contribution in [0.4, 0.5) is 9.18 Å². The van der Waals surface area contributed by atoms with Crippen LogP contribution in [0.2, 0.25) is 0 Å². The summed E-state index contributed by atoms with van der Waals surface area (Å²) in [7, 11) is 1.46. The standard InChI is InChI=1S/C31H30FNO4/c1-36-24-16-19(13-21(32)17-24)30(34)20-14-22-7-6-8-23(15-20)33(22)31(35)37-18-29-27-11-4-2-9-25(27)26-10-3-5-12-28(26)29/h2-5,9-13,16-17,20,22-23,29H,6-8,14-15,18H2,1H3. The number of nitrogens with zero attached hydrogens (tertiary/aromatic N) is 1. The Hall–Kier alpha value is -3.67. The van der Waals surface area contributed by atoms with Gasteiger partial charge in [0, 0.05) is 35.5 Å². The molecule has 0 aromatic heterocycles. The Bertz CT molecular complexity index is 1300. The highest BCUT2D eigenvalue weighted by molar-refractivity contribution is 5.98. The van der Waals surface area contributed by atoms with Gasteiger partial charge in [0.05, 0.1) is 7.11 Å². The number of halogens is 1. The van der Waals surface area contributed by atoms with Gasteiger partial charge in [-0.2, -0.15) is 0 Å². The van der Waals surface area contributed by atoms with Crippen LogP contribution in [-0.4, -0.2) is 42.6 Å². The largest absolute Gasteiger partial charge is 0.497 e. The molecule has 190 valence electrons. The maximum Gasteiger partial charge on any atom is 0.410 e. The molecule has 2 bridgehead atoms. The van der Waals surface area contributed by atoms with Crippen LogP contribution < -0.4 is 4.74 Å². The predicted octanol–water partition coefficient (Wildman–Crippen LogP) is 6.60. The Morgan fingerprint density at radius 1 is 0.919 bits per heavy atom. The van der Waals surface area contributed by atoms with E-state index in [4.69, 9.17) is 9.47 Å². The average molecular weight is 500 g/mol. The van der Waals surface area contributed by atoms with Crippen LogP contribution in [-0.2, 0) is 4.74 Å². The number of hydrogen-bond donors (Lipinski definition) is 0. The molecule has 0 saturated carbocycles. The van der Waals surface area contributed by atoms with Crippen LogP contribution in [0, 0.1) is 11.7 Å². The molecule has 0 spiro atoms. The number of carbonyl (C=O) groups is 2. The summed E-state index contributed by atoms with van der Waals surface area (Å²) in [6.07, 6.45) is 3.55. The van der Waals surface area contributed by atoms with Gasteiger partial charge in [-0.25, -0.2) is 9.18 Å². The Balaban J connectivity index is 1.16. The molecule has 2 aliphatic heterocycles. The summed E-state index contributed by atoms with van der Waals surface area (Å²) in [4.78, 5) is 28.6. The van der Waals surface area contributed by atoms with Gasteiger partial charge in [-0.3, -0.25) is 4.79 Å². The normalized spacial score (nSPS) is 22.2. The van der Waals surface area contributed by atoms with Gasteiger partial charge in [0.25, 0.3) is 0 Å². The van der Waals surface area contributed by atoms with Crippen LogP contribution in [0.3, 0.4) is 0 Å². The number of benzene rings is 3. The van der Waals surface area contributed by atoms with Crippen molar-refractivity contribution in [3.05, 3.63) is 89.2 Å². The van der Waals surface area contributed by atoms with E-state index in [0.717, 1.165) is 19.3 Å². The second kappa shape index (κ2) is 9.66. The molecule has 3 aliphatic rings. The van der Waals surface area contributed by atoms with Crippen LogP contribution in [0.5, 0.6) is 5.75 Å². The van der Waals surface area contributed by atoms with Crippen LogP contribution in [0.1, 0.15) is 59.5 Å². The van der Waals surface area contributed by atoms with Crippen molar-refractivity contribution in [1.29, 1.82) is 0 Å². The Labute approximate surface area is 216 Å². The SMILES string of the molecule is COc1cc(F)cc(C(=O)C2CC3CCCC(C2)N3C(=O)OCC2c3ccccc3-c3ccccc32)c1. The number of methoxy groups -OCH3 is 1. The van der Waals surface area contributed by atoms with Crippen LogP contribution in [0.25, 0.3) is 11.1 Å². The van der Waals surface area contributed by atoms with Crippen molar-refractivity contribution in [1.82, 2.24) is 4.90 Å². The Kier molecular flexibility index (Phi) is 6.19. The highest BCUT2D eigenvalue weighted by Gasteiger charge is 2.44. The summed E-state index contributed by atoms with van der Waals surface area (Å²) >= 11 is 0. The maximum absolute atomic E-state index is 14.0. The van der Waals surface area contributed by atoms with Crippen molar-refractivity contribution < 1.29 is 23.5 Å². The average Bonchev–Trinajstić information content (AvgIpc) is 3.23. The van der Waals surface area contributed by atoms with E-state index in [1.54, 1.807) is 6.07 Å². The second-order valence-corrected chi connectivity index (χ2v) is 10.4. The molecule has 2 heterocycles. The minimum Gasteiger partial charge on any atom is -0.497 e. The zero-order valence-corrected chi connectivity index (χ0v) is 20.9. The van der Waals surface area contributed by atoms with E-state index < -0.39 is 5.82 Å². The lowest BCUT2D eigenvalue weighted by Gasteiger charge is -2.47. The molecular formula is C31H30FNO4. The first-order valence-electron chi connectivity index (χ1n) is 13.1. The van der Waals surface area contributed by atoms with E-state index in [2.05, 4.69) is 24.3 Å². The van der Waals surface area contributed by atoms with Crippen molar-refractivity contribution in [3.63, 3.8) is 0 Å². The summed E-state index contributed by atoms with van der Waals surface area (Å²) in [5, 5.41) is 0. The molecule has 1 aliphatic carbocycles. The third-order valence-corrected chi connectivity index (χ3v) is 8.28. The summed E-state index contributed by atoms with van der Waals surface area (Å²) in [5.74, 6) is -0.474. The van der Waals surface area contributed by atoms with Gasteiger partial charge >= 0.3 is 6.09 Å². The summed E-state index contributed by atoms with van der Waals surface area (Å²) in [6.45, 7) is 0.286. The first-order valence-corrected chi connectivity index (χ1v) is 13.1. The number of hydrogen-bond acceptors (Lipinski definition) is 4. The number of Topliss-reactive ketones (excluding diaryl/α,β-unsaturated/α-hetero) is 1. The molecule has 0 radical (unpaired) electrons. The molecule has 0 N–H and O–H groups in total. The first-order chi connectivity index (χ1) is 18.0. The lowest BCUT2D eigenvalue weighted by Crippen LogP contribution is -2.55. The van der Waals surface area contributed by atoms with Crippen LogP contribution >= 0.6 is 0 Å². The maximum atomic E-state index is 14.0. The quantitative estimate of drug-likeness (QED) is 0.371. The lowest BCUT2D eigenvalue weighted by molar-refractivity contribution is 0.00650. The molecule has 2 saturated heterocycles. The number of fused-ring (bicyclic) bond motifs is 5. The monoisotopic (exact) mass is 499 g/mol. The highest BCUT2D eigenvalue weighted by atomic mass is 19.1. The highest BCUT2D eigenvalue weighted by Crippen LogP contribution is 2.45. The lowest BCUT2D eigenvalue weighted by atomic mass is 9.76. The van der Waals surface area contributed by atoms with Gasteiger partial charge < -0.3 is 14.4 Å². The van der Waals surface area contributed by atoms with Gasteiger partial charge in [-0.05, 0) is 66.5 Å². The molecule has 2 atom stereocenters. The predicted molar refractivity (Wildman–Crippen MR) is 138 cm³/mol. The van der Waals surface area contributed by atoms with E-state index in [1.807, 2.05) is 29.2 Å². The third-order valence-electron chi connectivity index (χ3n) is 8.28. The molecule has 6 rings (SSSR count). The minimum atomic E-state index is -0.487. The van der Waals surface area contributed by atoms with E-state index in [9.17, 15) is 14.0 Å². The molecule has 5 nitrogen and oxygen atoms in total. The number of piperidine rings is 2. The molecule has 3 aromatic carbocycles. The summed E-state index contributed by atoms with van der Waals surface area (Å²) < 4.78 is 25.2. The van der Waals surface area contributed by atoms with Gasteiger partial charge in [-0.15, -0.1) is 0 Å². The third kappa shape index (κ3) is 4.28. The Morgan fingerprint density at radius 3 is 2.16 bits per heavy atom. The molecule has 1 amide bonds. The molecule has 6 heteroatoms. The van der Waals surface area contributed by atoms with Gasteiger partial charge in [-0.1, -0.05) is 48.5 Å². The summed E-state index contributed by atoms with van der Waals surface area (Å²) in [6, 6.07) is 20.6. The van der Waals surface area contributed by atoms with Crippen LogP contribution in [0.15, 0.2) is 66.7 Å². The van der Waals surface area contributed by atoms with E-state index in [-0.39, 0.29) is 42.4 Å². The van der Waals surface area contributed by atoms with E-state index in [1.165, 1.54) is 41.5 Å². The molecule has 37 heavy (non-hydrogen) atoms. The minimum absolute atomic E-state index is 0.0123. The molecule has 2 unspecified atom stereocenters. The van der Waals surface area contributed by atoms with E-state index >= 15 is 0 Å². The first kappa shape index (κ1) is 23.7. The van der Waals surface area contributed by atoms with Crippen molar-refractivity contribution >= 4 is 11.9 Å². The Morgan fingerprint density at radius 2 is 1.54 bits per heavy atom.